The van der Waals surface area contributed by atoms with Crippen LogP contribution in [-0.4, -0.2) is 28.9 Å². The Labute approximate surface area is 173 Å². The van der Waals surface area contributed by atoms with Crippen LogP contribution in [0.25, 0.3) is 0 Å². The summed E-state index contributed by atoms with van der Waals surface area (Å²) in [5, 5.41) is 16.4. The first-order valence-corrected chi connectivity index (χ1v) is 11.5. The molecule has 4 aliphatic rings. The second-order valence-electron chi connectivity index (χ2n) is 8.84. The first kappa shape index (κ1) is 18.9. The van der Waals surface area contributed by atoms with Gasteiger partial charge in [-0.1, -0.05) is 25.0 Å². The molecule has 0 spiro atoms. The Morgan fingerprint density at radius 2 is 1.72 bits per heavy atom. The highest BCUT2D eigenvalue weighted by Crippen LogP contribution is 2.49. The third-order valence-electron chi connectivity index (χ3n) is 7.12. The number of carboxylic acid groups (broad SMARTS) is 1. The highest BCUT2D eigenvalue weighted by Gasteiger charge is 2.51. The van der Waals surface area contributed by atoms with Crippen molar-refractivity contribution < 1.29 is 19.5 Å². The molecule has 6 nitrogen and oxygen atoms in total. The van der Waals surface area contributed by atoms with Gasteiger partial charge in [-0.2, -0.15) is 0 Å². The molecule has 3 N–H and O–H groups in total. The Morgan fingerprint density at radius 1 is 1.00 bits per heavy atom. The summed E-state index contributed by atoms with van der Waals surface area (Å²) in [6.07, 6.45) is 11.8. The van der Waals surface area contributed by atoms with E-state index in [1.54, 1.807) is 0 Å². The number of carboxylic acids is 1. The van der Waals surface area contributed by atoms with E-state index >= 15 is 0 Å². The van der Waals surface area contributed by atoms with Crippen LogP contribution < -0.4 is 10.6 Å². The summed E-state index contributed by atoms with van der Waals surface area (Å²) in [5.41, 5.74) is 1.69. The van der Waals surface area contributed by atoms with E-state index in [0.29, 0.717) is 10.6 Å². The molecule has 0 unspecified atom stereocenters. The molecule has 2 amide bonds. The molecule has 2 saturated carbocycles. The van der Waals surface area contributed by atoms with Crippen LogP contribution in [0.4, 0.5) is 5.00 Å². The van der Waals surface area contributed by atoms with E-state index in [1.165, 1.54) is 16.2 Å². The summed E-state index contributed by atoms with van der Waals surface area (Å²) < 4.78 is 0. The molecule has 2 bridgehead atoms. The van der Waals surface area contributed by atoms with Gasteiger partial charge in [0.15, 0.2) is 0 Å². The predicted molar refractivity (Wildman–Crippen MR) is 110 cm³/mol. The molecule has 0 saturated heterocycles. The average Bonchev–Trinajstić information content (AvgIpc) is 3.46. The van der Waals surface area contributed by atoms with Crippen molar-refractivity contribution in [3.63, 3.8) is 0 Å². The fourth-order valence-corrected chi connectivity index (χ4v) is 7.06. The number of nitrogens with one attached hydrogen (secondary N) is 2. The van der Waals surface area contributed by atoms with Gasteiger partial charge in [0.25, 0.3) is 5.91 Å². The lowest BCUT2D eigenvalue weighted by Crippen LogP contribution is -2.37. The van der Waals surface area contributed by atoms with Gasteiger partial charge in [-0.25, -0.2) is 0 Å². The zero-order valence-electron chi connectivity index (χ0n) is 16.3. The van der Waals surface area contributed by atoms with E-state index in [2.05, 4.69) is 10.6 Å². The van der Waals surface area contributed by atoms with Crippen molar-refractivity contribution >= 4 is 34.1 Å². The molecule has 4 atom stereocenters. The van der Waals surface area contributed by atoms with Gasteiger partial charge in [-0.15, -0.1) is 11.3 Å². The van der Waals surface area contributed by atoms with Gasteiger partial charge in [0.2, 0.25) is 5.91 Å². The number of thiophene rings is 1. The first-order chi connectivity index (χ1) is 14.0. The van der Waals surface area contributed by atoms with Gasteiger partial charge < -0.3 is 15.7 Å². The van der Waals surface area contributed by atoms with Crippen LogP contribution >= 0.6 is 11.3 Å². The summed E-state index contributed by atoms with van der Waals surface area (Å²) in [6, 6.07) is 0.218. The third kappa shape index (κ3) is 3.19. The Kier molecular flexibility index (Phi) is 4.73. The summed E-state index contributed by atoms with van der Waals surface area (Å²) >= 11 is 1.49. The van der Waals surface area contributed by atoms with Gasteiger partial charge in [-0.05, 0) is 55.9 Å². The third-order valence-corrected chi connectivity index (χ3v) is 8.33. The second-order valence-corrected chi connectivity index (χ2v) is 9.95. The maximum atomic E-state index is 13.1. The highest BCUT2D eigenvalue weighted by molar-refractivity contribution is 7.17. The summed E-state index contributed by atoms with van der Waals surface area (Å²) in [6.45, 7) is 0. The largest absolute Gasteiger partial charge is 0.481 e. The minimum Gasteiger partial charge on any atom is -0.481 e. The van der Waals surface area contributed by atoms with Crippen molar-refractivity contribution in [3.8, 4) is 0 Å². The Morgan fingerprint density at radius 3 is 2.45 bits per heavy atom. The SMILES string of the molecule is O=C(NC1CCCC1)c1c(NC(=O)[C@@H]2[C@@H](C(=O)O)[C@@H]3C=C[C@H]2C3)sc2c1CCC2. The molecule has 0 radical (unpaired) electrons. The molecule has 4 aliphatic carbocycles. The highest BCUT2D eigenvalue weighted by atomic mass is 32.1. The standard InChI is InChI=1S/C22H26N2O4S/c25-19(16-11-8-9-12(10-11)17(16)22(27)28)24-21-18(14-6-3-7-15(14)29-21)20(26)23-13-4-1-2-5-13/h8-9,11-13,16-17H,1-7,10H2,(H,23,26)(H,24,25)(H,27,28)/t11-,12+,16-,17-/m0/s1. The smallest absolute Gasteiger partial charge is 0.307 e. The van der Waals surface area contributed by atoms with Crippen LogP contribution in [0.15, 0.2) is 12.2 Å². The lowest BCUT2D eigenvalue weighted by Gasteiger charge is -2.24. The fourth-order valence-electron chi connectivity index (χ4n) is 5.77. The quantitative estimate of drug-likeness (QED) is 0.644. The molecule has 29 heavy (non-hydrogen) atoms. The number of carbonyl (C=O) groups excluding carboxylic acids is 2. The average molecular weight is 415 g/mol. The summed E-state index contributed by atoms with van der Waals surface area (Å²) in [7, 11) is 0. The number of hydrogen-bond acceptors (Lipinski definition) is 4. The number of allylic oxidation sites excluding steroid dienone is 2. The van der Waals surface area contributed by atoms with Gasteiger partial charge >= 0.3 is 5.97 Å². The number of carbonyl (C=O) groups is 3. The van der Waals surface area contributed by atoms with Gasteiger partial charge in [0, 0.05) is 10.9 Å². The number of hydrogen-bond donors (Lipinski definition) is 3. The monoisotopic (exact) mass is 414 g/mol. The Balaban J connectivity index is 1.40. The van der Waals surface area contributed by atoms with E-state index in [0.717, 1.165) is 56.9 Å². The zero-order chi connectivity index (χ0) is 20.1. The molecule has 154 valence electrons. The molecule has 0 aliphatic heterocycles. The first-order valence-electron chi connectivity index (χ1n) is 10.7. The normalized spacial score (nSPS) is 29.9. The van der Waals surface area contributed by atoms with E-state index in [9.17, 15) is 19.5 Å². The lowest BCUT2D eigenvalue weighted by molar-refractivity contribution is -0.146. The van der Waals surface area contributed by atoms with E-state index in [-0.39, 0.29) is 29.7 Å². The van der Waals surface area contributed by atoms with Gasteiger partial charge in [0.1, 0.15) is 5.00 Å². The van der Waals surface area contributed by atoms with E-state index in [4.69, 9.17) is 0 Å². The van der Waals surface area contributed by atoms with Crippen molar-refractivity contribution in [1.82, 2.24) is 5.32 Å². The van der Waals surface area contributed by atoms with Crippen LogP contribution in [0.1, 0.15) is 59.3 Å². The van der Waals surface area contributed by atoms with Crippen LogP contribution in [0.2, 0.25) is 0 Å². The molecule has 1 heterocycles. The topological polar surface area (TPSA) is 95.5 Å². The Bertz CT molecular complexity index is 899. The van der Waals surface area contributed by atoms with Gasteiger partial charge in [-0.3, -0.25) is 14.4 Å². The second kappa shape index (κ2) is 7.27. The minimum absolute atomic E-state index is 0.0244. The number of aliphatic carboxylic acids is 1. The number of aryl methyl sites for hydroxylation is 1. The van der Waals surface area contributed by atoms with Crippen molar-refractivity contribution in [2.24, 2.45) is 23.7 Å². The van der Waals surface area contributed by atoms with Crippen LogP contribution in [0, 0.1) is 23.7 Å². The molecule has 0 aromatic carbocycles. The maximum absolute atomic E-state index is 13.1. The number of rotatable bonds is 5. The molecular weight excluding hydrogens is 388 g/mol. The summed E-state index contributed by atoms with van der Waals surface area (Å²) in [5.74, 6) is -2.58. The van der Waals surface area contributed by atoms with Crippen molar-refractivity contribution in [2.45, 2.75) is 57.4 Å². The molecule has 2 fully saturated rings. The predicted octanol–water partition coefficient (Wildman–Crippen LogP) is 3.37. The van der Waals surface area contributed by atoms with E-state index < -0.39 is 17.8 Å². The fraction of sp³-hybridized carbons (Fsp3) is 0.591. The maximum Gasteiger partial charge on any atom is 0.307 e. The van der Waals surface area contributed by atoms with E-state index in [1.807, 2.05) is 12.2 Å². The zero-order valence-corrected chi connectivity index (χ0v) is 17.1. The number of fused-ring (bicyclic) bond motifs is 3. The number of amides is 2. The van der Waals surface area contributed by atoms with Crippen molar-refractivity contribution in [1.29, 1.82) is 0 Å². The molecule has 1 aromatic heterocycles. The van der Waals surface area contributed by atoms with Crippen LogP contribution in [-0.2, 0) is 22.4 Å². The molecule has 7 heteroatoms. The van der Waals surface area contributed by atoms with Gasteiger partial charge in [0.05, 0.1) is 17.4 Å². The molecular formula is C22H26N2O4S. The molecule has 5 rings (SSSR count). The van der Waals surface area contributed by atoms with Crippen LogP contribution in [0.3, 0.4) is 0 Å². The van der Waals surface area contributed by atoms with Crippen molar-refractivity contribution in [3.05, 3.63) is 28.2 Å². The van der Waals surface area contributed by atoms with Crippen LogP contribution in [0.5, 0.6) is 0 Å². The number of anilines is 1. The summed E-state index contributed by atoms with van der Waals surface area (Å²) in [4.78, 5) is 39.2. The lowest BCUT2D eigenvalue weighted by atomic mass is 9.82. The van der Waals surface area contributed by atoms with Crippen molar-refractivity contribution in [2.75, 3.05) is 5.32 Å². The minimum atomic E-state index is -0.908. The Hall–Kier alpha value is -2.15. The molecule has 1 aromatic rings.